The number of anilines is 1. The molecular weight excluding hydrogens is 294 g/mol. The average Bonchev–Trinajstić information content (AvgIpc) is 2.47. The van der Waals surface area contributed by atoms with E-state index in [2.05, 4.69) is 0 Å². The molecule has 7 nitrogen and oxygen atoms in total. The molecule has 0 fully saturated rings. The topological polar surface area (TPSA) is 81.4 Å². The molecule has 0 spiro atoms. The third-order valence-electron chi connectivity index (χ3n) is 3.74. The highest BCUT2D eigenvalue weighted by molar-refractivity contribution is 7.93. The van der Waals surface area contributed by atoms with Gasteiger partial charge in [0, 0.05) is 26.7 Å². The highest BCUT2D eigenvalue weighted by Crippen LogP contribution is 2.38. The van der Waals surface area contributed by atoms with Crippen LogP contribution in [0, 0.1) is 0 Å². The molecule has 8 heteroatoms. The average molecular weight is 307 g/mol. The third kappa shape index (κ3) is 1.56. The van der Waals surface area contributed by atoms with E-state index in [9.17, 15) is 18.0 Å². The molecule has 0 atom stereocenters. The third-order valence-corrected chi connectivity index (χ3v) is 5.55. The zero-order valence-electron chi connectivity index (χ0n) is 11.7. The van der Waals surface area contributed by atoms with Crippen molar-refractivity contribution in [3.05, 3.63) is 45.1 Å². The molecule has 2 aromatic rings. The van der Waals surface area contributed by atoms with Crippen molar-refractivity contribution in [2.75, 3.05) is 11.4 Å². The highest BCUT2D eigenvalue weighted by Gasteiger charge is 2.36. The van der Waals surface area contributed by atoms with Gasteiger partial charge in [0.05, 0.1) is 10.6 Å². The summed E-state index contributed by atoms with van der Waals surface area (Å²) in [5.74, 6) is 0. The molecule has 0 saturated carbocycles. The Morgan fingerprint density at radius 3 is 2.24 bits per heavy atom. The highest BCUT2D eigenvalue weighted by atomic mass is 32.2. The minimum atomic E-state index is -3.80. The van der Waals surface area contributed by atoms with Gasteiger partial charge in [-0.2, -0.15) is 0 Å². The molecule has 1 aromatic heterocycles. The summed E-state index contributed by atoms with van der Waals surface area (Å²) in [6, 6.07) is 6.34. The number of benzene rings is 1. The van der Waals surface area contributed by atoms with E-state index in [1.807, 2.05) is 0 Å². The monoisotopic (exact) mass is 307 g/mol. The van der Waals surface area contributed by atoms with Crippen LogP contribution in [0.15, 0.2) is 38.8 Å². The quantitative estimate of drug-likeness (QED) is 0.680. The Morgan fingerprint density at radius 2 is 1.57 bits per heavy atom. The van der Waals surface area contributed by atoms with Crippen molar-refractivity contribution in [2.45, 2.75) is 4.90 Å². The SMILES string of the molecule is CN1c2c(n(C)c(=O)n(C)c2=O)-c2ccccc2S1(=O)=O. The van der Waals surface area contributed by atoms with Gasteiger partial charge in [0.25, 0.3) is 15.6 Å². The Hall–Kier alpha value is -2.35. The Morgan fingerprint density at radius 1 is 0.952 bits per heavy atom. The molecule has 1 aliphatic rings. The largest absolute Gasteiger partial charge is 0.331 e. The van der Waals surface area contributed by atoms with E-state index >= 15 is 0 Å². The summed E-state index contributed by atoms with van der Waals surface area (Å²) in [5, 5.41) is 0. The minimum Gasteiger partial charge on any atom is -0.294 e. The lowest BCUT2D eigenvalue weighted by atomic mass is 10.1. The molecule has 0 N–H and O–H groups in total. The Labute approximate surface area is 120 Å². The smallest absolute Gasteiger partial charge is 0.294 e. The van der Waals surface area contributed by atoms with Crippen LogP contribution in [0.1, 0.15) is 0 Å². The first kappa shape index (κ1) is 13.6. The first-order valence-corrected chi connectivity index (χ1v) is 7.61. The molecular formula is C13H13N3O4S. The van der Waals surface area contributed by atoms with Gasteiger partial charge in [-0.25, -0.2) is 13.2 Å². The van der Waals surface area contributed by atoms with E-state index in [0.29, 0.717) is 11.3 Å². The van der Waals surface area contributed by atoms with Crippen molar-refractivity contribution in [3.8, 4) is 11.3 Å². The van der Waals surface area contributed by atoms with Crippen LogP contribution in [-0.2, 0) is 24.1 Å². The van der Waals surface area contributed by atoms with Gasteiger partial charge in [0.15, 0.2) is 0 Å². The predicted octanol–water partition coefficient (Wildman–Crippen LogP) is -0.111. The molecule has 110 valence electrons. The van der Waals surface area contributed by atoms with E-state index in [1.165, 1.54) is 31.8 Å². The minimum absolute atomic E-state index is 0.0155. The van der Waals surface area contributed by atoms with Gasteiger partial charge in [-0.1, -0.05) is 18.2 Å². The van der Waals surface area contributed by atoms with E-state index in [0.717, 1.165) is 8.87 Å². The standard InChI is InChI=1S/C13H13N3O4S/c1-14-10-8-6-4-5-7-9(8)21(19,20)16(3)11(10)12(17)15(2)13(14)18/h4-7H,1-3H3. The van der Waals surface area contributed by atoms with Gasteiger partial charge in [-0.3, -0.25) is 18.2 Å². The second-order valence-electron chi connectivity index (χ2n) is 4.87. The summed E-state index contributed by atoms with van der Waals surface area (Å²) in [6.07, 6.45) is 0. The zero-order valence-corrected chi connectivity index (χ0v) is 12.5. The predicted molar refractivity (Wildman–Crippen MR) is 77.9 cm³/mol. The summed E-state index contributed by atoms with van der Waals surface area (Å²) in [4.78, 5) is 24.5. The fourth-order valence-electron chi connectivity index (χ4n) is 2.57. The summed E-state index contributed by atoms with van der Waals surface area (Å²) in [7, 11) is 0.359. The molecule has 2 heterocycles. The summed E-state index contributed by atoms with van der Waals surface area (Å²) >= 11 is 0. The van der Waals surface area contributed by atoms with E-state index in [4.69, 9.17) is 0 Å². The normalized spacial score (nSPS) is 15.5. The van der Waals surface area contributed by atoms with E-state index in [-0.39, 0.29) is 10.6 Å². The first-order valence-electron chi connectivity index (χ1n) is 6.17. The van der Waals surface area contributed by atoms with Crippen molar-refractivity contribution in [3.63, 3.8) is 0 Å². The lowest BCUT2D eigenvalue weighted by Crippen LogP contribution is -2.44. The number of sulfonamides is 1. The first-order chi connectivity index (χ1) is 9.78. The van der Waals surface area contributed by atoms with Crippen LogP contribution in [0.2, 0.25) is 0 Å². The number of fused-ring (bicyclic) bond motifs is 3. The van der Waals surface area contributed by atoms with Crippen LogP contribution < -0.4 is 15.6 Å². The van der Waals surface area contributed by atoms with Crippen molar-refractivity contribution in [1.29, 1.82) is 0 Å². The molecule has 3 rings (SSSR count). The Kier molecular flexibility index (Phi) is 2.64. The molecule has 21 heavy (non-hydrogen) atoms. The molecule has 0 unspecified atom stereocenters. The van der Waals surface area contributed by atoms with Crippen LogP contribution in [0.3, 0.4) is 0 Å². The van der Waals surface area contributed by atoms with Crippen molar-refractivity contribution in [2.24, 2.45) is 14.1 Å². The molecule has 1 aromatic carbocycles. The lowest BCUT2D eigenvalue weighted by Gasteiger charge is -2.29. The lowest BCUT2D eigenvalue weighted by molar-refractivity contribution is 0.591. The van der Waals surface area contributed by atoms with Crippen LogP contribution in [-0.4, -0.2) is 24.6 Å². The maximum atomic E-state index is 12.5. The maximum absolute atomic E-state index is 12.5. The van der Waals surface area contributed by atoms with Gasteiger partial charge >= 0.3 is 5.69 Å². The molecule has 0 saturated heterocycles. The Balaban J connectivity index is 2.64. The van der Waals surface area contributed by atoms with Crippen molar-refractivity contribution >= 4 is 15.7 Å². The van der Waals surface area contributed by atoms with Gasteiger partial charge < -0.3 is 0 Å². The molecule has 0 bridgehead atoms. The van der Waals surface area contributed by atoms with Crippen molar-refractivity contribution < 1.29 is 8.42 Å². The number of nitrogens with zero attached hydrogens (tertiary/aromatic N) is 3. The van der Waals surface area contributed by atoms with Crippen molar-refractivity contribution in [1.82, 2.24) is 9.13 Å². The van der Waals surface area contributed by atoms with E-state index in [1.54, 1.807) is 18.2 Å². The fraction of sp³-hybridized carbons (Fsp3) is 0.231. The second kappa shape index (κ2) is 4.08. The number of hydrogen-bond donors (Lipinski definition) is 0. The number of hydrogen-bond acceptors (Lipinski definition) is 4. The van der Waals surface area contributed by atoms with E-state index < -0.39 is 21.3 Å². The fourth-order valence-corrected chi connectivity index (χ4v) is 3.97. The number of aromatic nitrogens is 2. The molecule has 0 radical (unpaired) electrons. The molecule has 0 aliphatic carbocycles. The summed E-state index contributed by atoms with van der Waals surface area (Å²) in [5.41, 5.74) is -0.466. The summed E-state index contributed by atoms with van der Waals surface area (Å²) < 4.78 is 28.2. The van der Waals surface area contributed by atoms with Gasteiger partial charge in [0.1, 0.15) is 5.69 Å². The van der Waals surface area contributed by atoms with Gasteiger partial charge in [0.2, 0.25) is 0 Å². The summed E-state index contributed by atoms with van der Waals surface area (Å²) in [6.45, 7) is 0. The number of rotatable bonds is 0. The van der Waals surface area contributed by atoms with Crippen LogP contribution in [0.4, 0.5) is 5.69 Å². The van der Waals surface area contributed by atoms with Gasteiger partial charge in [-0.15, -0.1) is 0 Å². The molecule has 1 aliphatic heterocycles. The molecule has 0 amide bonds. The zero-order chi connectivity index (χ0) is 15.5. The maximum Gasteiger partial charge on any atom is 0.331 e. The van der Waals surface area contributed by atoms with Gasteiger partial charge in [-0.05, 0) is 6.07 Å². The van der Waals surface area contributed by atoms with Crippen LogP contribution >= 0.6 is 0 Å². The van der Waals surface area contributed by atoms with Crippen LogP contribution in [0.25, 0.3) is 11.3 Å². The Bertz CT molecular complexity index is 985. The second-order valence-corrected chi connectivity index (χ2v) is 6.81. The van der Waals surface area contributed by atoms with Crippen LogP contribution in [0.5, 0.6) is 0 Å².